The summed E-state index contributed by atoms with van der Waals surface area (Å²) in [6.45, 7) is 1.98. The summed E-state index contributed by atoms with van der Waals surface area (Å²) in [5.41, 5.74) is 3.65. The summed E-state index contributed by atoms with van der Waals surface area (Å²) in [5.74, 6) is -0.353. The molecule has 0 bridgehead atoms. The molecule has 28 heavy (non-hydrogen) atoms. The van der Waals surface area contributed by atoms with Crippen molar-refractivity contribution in [3.8, 4) is 0 Å². The van der Waals surface area contributed by atoms with E-state index in [1.165, 1.54) is 10.6 Å². The molecule has 0 fully saturated rings. The van der Waals surface area contributed by atoms with E-state index in [1.807, 2.05) is 74.4 Å². The van der Waals surface area contributed by atoms with Crippen molar-refractivity contribution in [2.75, 3.05) is 24.3 Å². The number of aryl methyl sites for hydroxylation is 1. The first kappa shape index (κ1) is 19.2. The van der Waals surface area contributed by atoms with Gasteiger partial charge < -0.3 is 10.2 Å². The maximum Gasteiger partial charge on any atom is 0.272 e. The second-order valence-corrected chi connectivity index (χ2v) is 6.74. The third-order valence-corrected chi connectivity index (χ3v) is 4.34. The number of anilines is 2. The molecule has 5 nitrogen and oxygen atoms in total. The highest BCUT2D eigenvalue weighted by Crippen LogP contribution is 2.18. The number of hydrogen-bond donors (Lipinski definition) is 1. The minimum absolute atomic E-state index is 0.253. The predicted octanol–water partition coefficient (Wildman–Crippen LogP) is 3.86. The Labute approximate surface area is 164 Å². The van der Waals surface area contributed by atoms with Crippen LogP contribution in [0.25, 0.3) is 11.8 Å². The first-order valence-electron chi connectivity index (χ1n) is 8.99. The van der Waals surface area contributed by atoms with Gasteiger partial charge in [-0.3, -0.25) is 14.2 Å². The molecule has 1 amide bonds. The summed E-state index contributed by atoms with van der Waals surface area (Å²) in [6.07, 6.45) is 3.31. The third-order valence-electron chi connectivity index (χ3n) is 4.34. The van der Waals surface area contributed by atoms with Gasteiger partial charge in [-0.2, -0.15) is 0 Å². The Morgan fingerprint density at radius 1 is 0.964 bits per heavy atom. The standard InChI is InChI=1S/C23H23N3O2/c1-17-7-11-19(12-8-17)24-23(28)21(26-15-5-4-6-22(26)27)16-18-9-13-20(14-10-18)25(2)3/h4-16H,1-3H3,(H,24,28). The molecule has 1 heterocycles. The van der Waals surface area contributed by atoms with Gasteiger partial charge in [0, 0.05) is 37.7 Å². The van der Waals surface area contributed by atoms with Crippen LogP contribution in [0.1, 0.15) is 11.1 Å². The zero-order chi connectivity index (χ0) is 20.1. The minimum Gasteiger partial charge on any atom is -0.378 e. The number of nitrogens with one attached hydrogen (secondary N) is 1. The number of benzene rings is 2. The highest BCUT2D eigenvalue weighted by atomic mass is 16.2. The van der Waals surface area contributed by atoms with Crippen molar-refractivity contribution in [3.63, 3.8) is 0 Å². The number of aromatic nitrogens is 1. The molecule has 0 aliphatic carbocycles. The predicted molar refractivity (Wildman–Crippen MR) is 115 cm³/mol. The van der Waals surface area contributed by atoms with E-state index in [4.69, 9.17) is 0 Å². The maximum absolute atomic E-state index is 13.0. The van der Waals surface area contributed by atoms with Crippen molar-refractivity contribution < 1.29 is 4.79 Å². The molecule has 2 aromatic carbocycles. The van der Waals surface area contributed by atoms with Gasteiger partial charge in [0.15, 0.2) is 0 Å². The molecule has 3 aromatic rings. The van der Waals surface area contributed by atoms with E-state index in [2.05, 4.69) is 5.32 Å². The number of carbonyl (C=O) groups excluding carboxylic acids is 1. The van der Waals surface area contributed by atoms with Crippen LogP contribution in [0.15, 0.2) is 77.7 Å². The summed E-state index contributed by atoms with van der Waals surface area (Å²) in [5, 5.41) is 2.87. The van der Waals surface area contributed by atoms with Gasteiger partial charge in [-0.15, -0.1) is 0 Å². The largest absolute Gasteiger partial charge is 0.378 e. The lowest BCUT2D eigenvalue weighted by Crippen LogP contribution is -2.25. The van der Waals surface area contributed by atoms with Crippen molar-refractivity contribution in [1.82, 2.24) is 4.57 Å². The van der Waals surface area contributed by atoms with Gasteiger partial charge >= 0.3 is 0 Å². The Morgan fingerprint density at radius 3 is 2.25 bits per heavy atom. The Kier molecular flexibility index (Phi) is 5.75. The molecule has 0 unspecified atom stereocenters. The Morgan fingerprint density at radius 2 is 1.64 bits per heavy atom. The Balaban J connectivity index is 1.99. The lowest BCUT2D eigenvalue weighted by Gasteiger charge is -2.13. The summed E-state index contributed by atoms with van der Waals surface area (Å²) >= 11 is 0. The lowest BCUT2D eigenvalue weighted by molar-refractivity contribution is -0.111. The first-order chi connectivity index (χ1) is 13.4. The van der Waals surface area contributed by atoms with Gasteiger partial charge in [0.25, 0.3) is 11.5 Å². The number of nitrogens with zero attached hydrogens (tertiary/aromatic N) is 2. The van der Waals surface area contributed by atoms with Crippen molar-refractivity contribution in [2.24, 2.45) is 0 Å². The van der Waals surface area contributed by atoms with Crippen molar-refractivity contribution in [2.45, 2.75) is 6.92 Å². The maximum atomic E-state index is 13.0. The lowest BCUT2D eigenvalue weighted by atomic mass is 10.1. The molecule has 1 N–H and O–H groups in total. The Hall–Kier alpha value is -3.60. The van der Waals surface area contributed by atoms with Gasteiger partial charge in [0.1, 0.15) is 5.70 Å². The summed E-state index contributed by atoms with van der Waals surface area (Å²) in [6, 6.07) is 20.1. The average molecular weight is 373 g/mol. The highest BCUT2D eigenvalue weighted by Gasteiger charge is 2.13. The van der Waals surface area contributed by atoms with Crippen LogP contribution in [-0.4, -0.2) is 24.6 Å². The molecule has 0 aliphatic heterocycles. The second kappa shape index (κ2) is 8.39. The van der Waals surface area contributed by atoms with Crippen LogP contribution in [-0.2, 0) is 4.79 Å². The number of pyridine rings is 1. The fourth-order valence-corrected chi connectivity index (χ4v) is 2.73. The monoisotopic (exact) mass is 373 g/mol. The van der Waals surface area contributed by atoms with E-state index < -0.39 is 0 Å². The van der Waals surface area contributed by atoms with Crippen molar-refractivity contribution in [3.05, 3.63) is 94.4 Å². The quantitative estimate of drug-likeness (QED) is 0.691. The van der Waals surface area contributed by atoms with E-state index >= 15 is 0 Å². The average Bonchev–Trinajstić information content (AvgIpc) is 2.69. The second-order valence-electron chi connectivity index (χ2n) is 6.74. The van der Waals surface area contributed by atoms with Gasteiger partial charge in [0.2, 0.25) is 0 Å². The van der Waals surface area contributed by atoms with Crippen LogP contribution in [0.5, 0.6) is 0 Å². The zero-order valence-electron chi connectivity index (χ0n) is 16.2. The van der Waals surface area contributed by atoms with Gasteiger partial charge in [-0.25, -0.2) is 0 Å². The number of carbonyl (C=O) groups is 1. The summed E-state index contributed by atoms with van der Waals surface area (Å²) in [7, 11) is 3.93. The van der Waals surface area contributed by atoms with Gasteiger partial charge in [0.05, 0.1) is 0 Å². The Bertz CT molecular complexity index is 1050. The van der Waals surface area contributed by atoms with E-state index in [0.717, 1.165) is 16.8 Å². The fraction of sp³-hybridized carbons (Fsp3) is 0.130. The SMILES string of the molecule is Cc1ccc(NC(=O)C(=Cc2ccc(N(C)C)cc2)n2ccccc2=O)cc1. The smallest absolute Gasteiger partial charge is 0.272 e. The van der Waals surface area contributed by atoms with Crippen LogP contribution in [0, 0.1) is 6.92 Å². The third kappa shape index (κ3) is 4.57. The highest BCUT2D eigenvalue weighted by molar-refractivity contribution is 6.24. The number of hydrogen-bond acceptors (Lipinski definition) is 3. The van der Waals surface area contributed by atoms with Crippen LogP contribution >= 0.6 is 0 Å². The topological polar surface area (TPSA) is 54.3 Å². The molecule has 0 spiro atoms. The fourth-order valence-electron chi connectivity index (χ4n) is 2.73. The van der Waals surface area contributed by atoms with E-state index in [9.17, 15) is 9.59 Å². The molecule has 0 saturated carbocycles. The van der Waals surface area contributed by atoms with Crippen LogP contribution in [0.2, 0.25) is 0 Å². The minimum atomic E-state index is -0.353. The molecule has 3 rings (SSSR count). The van der Waals surface area contributed by atoms with Gasteiger partial charge in [-0.1, -0.05) is 35.9 Å². The summed E-state index contributed by atoms with van der Waals surface area (Å²) in [4.78, 5) is 27.3. The van der Waals surface area contributed by atoms with Crippen LogP contribution in [0.4, 0.5) is 11.4 Å². The number of rotatable bonds is 5. The molecule has 0 aliphatic rings. The molecule has 0 saturated heterocycles. The summed E-state index contributed by atoms with van der Waals surface area (Å²) < 4.78 is 1.35. The van der Waals surface area contributed by atoms with Crippen LogP contribution in [0.3, 0.4) is 0 Å². The van der Waals surface area contributed by atoms with E-state index in [0.29, 0.717) is 5.69 Å². The molecular formula is C23H23N3O2. The molecule has 0 radical (unpaired) electrons. The first-order valence-corrected chi connectivity index (χ1v) is 8.99. The molecular weight excluding hydrogens is 350 g/mol. The van der Waals surface area contributed by atoms with Crippen molar-refractivity contribution >= 4 is 29.1 Å². The molecule has 0 atom stereocenters. The zero-order valence-corrected chi connectivity index (χ0v) is 16.2. The molecule has 5 heteroatoms. The van der Waals surface area contributed by atoms with E-state index in [-0.39, 0.29) is 17.2 Å². The number of amides is 1. The van der Waals surface area contributed by atoms with Gasteiger partial charge in [-0.05, 0) is 48.9 Å². The van der Waals surface area contributed by atoms with E-state index in [1.54, 1.807) is 24.4 Å². The van der Waals surface area contributed by atoms with Crippen molar-refractivity contribution in [1.29, 1.82) is 0 Å². The van der Waals surface area contributed by atoms with Crippen LogP contribution < -0.4 is 15.8 Å². The normalized spacial score (nSPS) is 11.2. The molecule has 1 aromatic heterocycles. The molecule has 142 valence electrons.